The Morgan fingerprint density at radius 1 is 0.650 bits per heavy atom. The standard InChI is InChI=1S/C33H65N3O4/c1-32(2,3)39-30(37)35-25-20-28-36(31(38)40-33(4,5)6)27-19-24-34-26-23-29-21-17-15-13-11-9-7-8-10-12-14-16-18-22-29/h29,34H,7-28H2,1-6H3,(H,35,37). The maximum absolute atomic E-state index is 12.8. The molecule has 0 bridgehead atoms. The maximum Gasteiger partial charge on any atom is 0.410 e. The molecule has 1 aliphatic rings. The van der Waals surface area contributed by atoms with Crippen molar-refractivity contribution in [3.05, 3.63) is 0 Å². The molecule has 0 aromatic heterocycles. The van der Waals surface area contributed by atoms with Crippen LogP contribution in [0.15, 0.2) is 0 Å². The lowest BCUT2D eigenvalue weighted by Gasteiger charge is -2.27. The number of nitrogens with zero attached hydrogens (tertiary/aromatic N) is 1. The lowest BCUT2D eigenvalue weighted by atomic mass is 9.91. The SMILES string of the molecule is CC(C)(C)OC(=O)NCCCN(CCCNCCC1CCCCCCCCCCCCCC1)C(=O)OC(C)(C)C. The highest BCUT2D eigenvalue weighted by Gasteiger charge is 2.22. The molecule has 2 N–H and O–H groups in total. The number of nitrogens with one attached hydrogen (secondary N) is 2. The summed E-state index contributed by atoms with van der Waals surface area (Å²) in [6.45, 7) is 14.8. The summed E-state index contributed by atoms with van der Waals surface area (Å²) in [6, 6.07) is 0. The van der Waals surface area contributed by atoms with E-state index in [2.05, 4.69) is 10.6 Å². The number of carbonyl (C=O) groups excluding carboxylic acids is 2. The predicted molar refractivity (Wildman–Crippen MR) is 167 cm³/mol. The molecule has 0 heterocycles. The van der Waals surface area contributed by atoms with Crippen LogP contribution >= 0.6 is 0 Å². The highest BCUT2D eigenvalue weighted by Crippen LogP contribution is 2.23. The van der Waals surface area contributed by atoms with Crippen LogP contribution in [0.3, 0.4) is 0 Å². The summed E-state index contributed by atoms with van der Waals surface area (Å²) >= 11 is 0. The van der Waals surface area contributed by atoms with Crippen molar-refractivity contribution >= 4 is 12.2 Å². The Kier molecular flexibility index (Phi) is 19.4. The summed E-state index contributed by atoms with van der Waals surface area (Å²) in [5.41, 5.74) is -1.06. The predicted octanol–water partition coefficient (Wildman–Crippen LogP) is 8.60. The fourth-order valence-corrected chi connectivity index (χ4v) is 5.29. The molecule has 0 spiro atoms. The van der Waals surface area contributed by atoms with Crippen molar-refractivity contribution in [2.24, 2.45) is 5.92 Å². The van der Waals surface area contributed by atoms with Crippen molar-refractivity contribution in [2.75, 3.05) is 32.7 Å². The Balaban J connectivity index is 2.38. The highest BCUT2D eigenvalue weighted by atomic mass is 16.6. The zero-order chi connectivity index (χ0) is 29.7. The molecule has 1 rings (SSSR count). The number of carbonyl (C=O) groups is 2. The molecule has 0 aromatic carbocycles. The second-order valence-electron chi connectivity index (χ2n) is 13.8. The minimum atomic E-state index is -0.534. The van der Waals surface area contributed by atoms with Crippen LogP contribution < -0.4 is 10.6 Å². The molecule has 0 aliphatic heterocycles. The minimum absolute atomic E-state index is 0.291. The summed E-state index contributed by atoms with van der Waals surface area (Å²) in [4.78, 5) is 26.5. The van der Waals surface area contributed by atoms with Crippen LogP contribution in [-0.4, -0.2) is 61.0 Å². The van der Waals surface area contributed by atoms with Gasteiger partial charge in [0.1, 0.15) is 11.2 Å². The number of alkyl carbamates (subject to hydrolysis) is 1. The summed E-state index contributed by atoms with van der Waals surface area (Å²) in [5, 5.41) is 6.42. The van der Waals surface area contributed by atoms with Crippen molar-refractivity contribution in [1.82, 2.24) is 15.5 Å². The van der Waals surface area contributed by atoms with E-state index in [1.165, 1.54) is 96.3 Å². The Bertz CT molecular complexity index is 641. The molecule has 1 aliphatic carbocycles. The molecule has 0 unspecified atom stereocenters. The Hall–Kier alpha value is -1.50. The third kappa shape index (κ3) is 22.2. The first-order valence-electron chi connectivity index (χ1n) is 16.6. The largest absolute Gasteiger partial charge is 0.444 e. The van der Waals surface area contributed by atoms with Gasteiger partial charge in [-0.05, 0) is 79.8 Å². The van der Waals surface area contributed by atoms with Gasteiger partial charge in [-0.2, -0.15) is 0 Å². The zero-order valence-electron chi connectivity index (χ0n) is 27.2. The van der Waals surface area contributed by atoms with Gasteiger partial charge >= 0.3 is 12.2 Å². The molecule has 2 amide bonds. The maximum atomic E-state index is 12.8. The topological polar surface area (TPSA) is 79.9 Å². The van der Waals surface area contributed by atoms with E-state index >= 15 is 0 Å². The molecule has 40 heavy (non-hydrogen) atoms. The quantitative estimate of drug-likeness (QED) is 0.244. The van der Waals surface area contributed by atoms with Crippen molar-refractivity contribution in [3.63, 3.8) is 0 Å². The molecule has 0 aromatic rings. The van der Waals surface area contributed by atoms with Crippen LogP contribution in [0.1, 0.15) is 151 Å². The number of amides is 2. The minimum Gasteiger partial charge on any atom is -0.444 e. The van der Waals surface area contributed by atoms with Gasteiger partial charge in [0.05, 0.1) is 0 Å². The highest BCUT2D eigenvalue weighted by molar-refractivity contribution is 5.68. The first-order chi connectivity index (χ1) is 19.0. The molecular weight excluding hydrogens is 502 g/mol. The monoisotopic (exact) mass is 567 g/mol. The number of hydrogen-bond acceptors (Lipinski definition) is 5. The zero-order valence-corrected chi connectivity index (χ0v) is 27.2. The van der Waals surface area contributed by atoms with E-state index in [0.29, 0.717) is 26.1 Å². The molecule has 0 radical (unpaired) electrons. The smallest absolute Gasteiger partial charge is 0.410 e. The van der Waals surface area contributed by atoms with Gasteiger partial charge in [-0.15, -0.1) is 0 Å². The number of ether oxygens (including phenoxy) is 2. The van der Waals surface area contributed by atoms with Gasteiger partial charge < -0.3 is 25.0 Å². The van der Waals surface area contributed by atoms with Crippen molar-refractivity contribution in [3.8, 4) is 0 Å². The van der Waals surface area contributed by atoms with E-state index in [1.807, 2.05) is 41.5 Å². The van der Waals surface area contributed by atoms with Gasteiger partial charge in [0.25, 0.3) is 0 Å². The Labute approximate surface area is 247 Å². The van der Waals surface area contributed by atoms with E-state index in [9.17, 15) is 9.59 Å². The van der Waals surface area contributed by atoms with Gasteiger partial charge in [0.15, 0.2) is 0 Å². The first kappa shape index (κ1) is 36.5. The average Bonchev–Trinajstić information content (AvgIpc) is 2.85. The Morgan fingerprint density at radius 2 is 1.10 bits per heavy atom. The fourth-order valence-electron chi connectivity index (χ4n) is 5.29. The lowest BCUT2D eigenvalue weighted by Crippen LogP contribution is -2.40. The van der Waals surface area contributed by atoms with Gasteiger partial charge in [-0.25, -0.2) is 9.59 Å². The molecule has 7 nitrogen and oxygen atoms in total. The summed E-state index contributed by atoms with van der Waals surface area (Å²) in [5.74, 6) is 0.841. The lowest BCUT2D eigenvalue weighted by molar-refractivity contribution is 0.0246. The summed E-state index contributed by atoms with van der Waals surface area (Å²) in [6.07, 6.45) is 21.8. The van der Waals surface area contributed by atoms with E-state index in [1.54, 1.807) is 4.90 Å². The van der Waals surface area contributed by atoms with Crippen LogP contribution in [0.2, 0.25) is 0 Å². The summed E-state index contributed by atoms with van der Waals surface area (Å²) < 4.78 is 10.9. The van der Waals surface area contributed by atoms with Crippen LogP contribution in [-0.2, 0) is 9.47 Å². The fraction of sp³-hybridized carbons (Fsp3) is 0.939. The first-order valence-corrected chi connectivity index (χ1v) is 16.6. The van der Waals surface area contributed by atoms with E-state index < -0.39 is 17.3 Å². The molecule has 1 fully saturated rings. The van der Waals surface area contributed by atoms with Crippen molar-refractivity contribution in [2.45, 2.75) is 162 Å². The number of hydrogen-bond donors (Lipinski definition) is 2. The molecule has 7 heteroatoms. The van der Waals surface area contributed by atoms with Gasteiger partial charge in [-0.1, -0.05) is 89.9 Å². The average molecular weight is 568 g/mol. The van der Waals surface area contributed by atoms with Crippen LogP contribution in [0.4, 0.5) is 9.59 Å². The van der Waals surface area contributed by atoms with E-state index in [4.69, 9.17) is 9.47 Å². The molecular formula is C33H65N3O4. The molecule has 1 saturated carbocycles. The van der Waals surface area contributed by atoms with Crippen LogP contribution in [0.5, 0.6) is 0 Å². The Morgan fingerprint density at radius 3 is 1.57 bits per heavy atom. The molecule has 0 saturated heterocycles. The number of rotatable bonds is 11. The van der Waals surface area contributed by atoms with Gasteiger partial charge in [-0.3, -0.25) is 0 Å². The van der Waals surface area contributed by atoms with Crippen molar-refractivity contribution in [1.29, 1.82) is 0 Å². The second-order valence-corrected chi connectivity index (χ2v) is 13.8. The molecule has 0 atom stereocenters. The van der Waals surface area contributed by atoms with Crippen LogP contribution in [0.25, 0.3) is 0 Å². The summed E-state index contributed by atoms with van der Waals surface area (Å²) in [7, 11) is 0. The van der Waals surface area contributed by atoms with Gasteiger partial charge in [0, 0.05) is 19.6 Å². The van der Waals surface area contributed by atoms with Crippen molar-refractivity contribution < 1.29 is 19.1 Å². The molecule has 236 valence electrons. The normalized spacial score (nSPS) is 17.4. The van der Waals surface area contributed by atoms with Crippen LogP contribution in [0, 0.1) is 5.92 Å². The van der Waals surface area contributed by atoms with E-state index in [0.717, 1.165) is 25.4 Å². The third-order valence-corrected chi connectivity index (χ3v) is 7.41. The third-order valence-electron chi connectivity index (χ3n) is 7.41. The van der Waals surface area contributed by atoms with Gasteiger partial charge in [0.2, 0.25) is 0 Å². The van der Waals surface area contributed by atoms with E-state index in [-0.39, 0.29) is 6.09 Å². The second kappa shape index (κ2) is 21.2.